The summed E-state index contributed by atoms with van der Waals surface area (Å²) in [6, 6.07) is 10.0. The van der Waals surface area contributed by atoms with Gasteiger partial charge in [-0.25, -0.2) is 0 Å². The summed E-state index contributed by atoms with van der Waals surface area (Å²) in [5, 5.41) is 11.4. The highest BCUT2D eigenvalue weighted by atomic mass is 16.1. The molecule has 0 spiro atoms. The lowest BCUT2D eigenvalue weighted by molar-refractivity contribution is -0.115. The van der Waals surface area contributed by atoms with E-state index in [1.165, 1.54) is 25.7 Å². The van der Waals surface area contributed by atoms with Gasteiger partial charge in [-0.05, 0) is 37.8 Å². The molecule has 2 aliphatic carbocycles. The average molecular weight is 306 g/mol. The summed E-state index contributed by atoms with van der Waals surface area (Å²) in [4.78, 5) is 11.9. The Kier molecular flexibility index (Phi) is 3.58. The molecule has 1 heterocycles. The van der Waals surface area contributed by atoms with Crippen LogP contribution in [0, 0.1) is 11.8 Å². The van der Waals surface area contributed by atoms with Gasteiger partial charge in [-0.15, -0.1) is 10.2 Å². The van der Waals surface area contributed by atoms with Gasteiger partial charge in [0.05, 0.1) is 6.54 Å². The summed E-state index contributed by atoms with van der Waals surface area (Å²) in [6.07, 6.45) is 4.79. The number of aromatic nitrogens is 3. The van der Waals surface area contributed by atoms with Crippen molar-refractivity contribution >= 4 is 5.91 Å². The minimum absolute atomic E-state index is 0.285. The van der Waals surface area contributed by atoms with Gasteiger partial charge >= 0.3 is 0 Å². The molecule has 4 rings (SSSR count). The lowest BCUT2D eigenvalue weighted by Gasteiger charge is -2.08. The molecular formula is C18H18N4O. The quantitative estimate of drug-likeness (QED) is 0.881. The van der Waals surface area contributed by atoms with Gasteiger partial charge in [0, 0.05) is 23.4 Å². The molecule has 2 aromatic rings. The highest BCUT2D eigenvalue weighted by Crippen LogP contribution is 2.44. The minimum Gasteiger partial charge on any atom is -0.338 e. The van der Waals surface area contributed by atoms with Gasteiger partial charge in [0.2, 0.25) is 0 Å². The SMILES string of the molecule is O=C(C#Cc1ccccc1)NCc1nnc(C2CC2)n1C1CC1. The lowest BCUT2D eigenvalue weighted by Crippen LogP contribution is -2.23. The molecule has 116 valence electrons. The molecule has 0 radical (unpaired) electrons. The van der Waals surface area contributed by atoms with E-state index in [0.717, 1.165) is 17.2 Å². The zero-order valence-corrected chi connectivity index (χ0v) is 12.8. The lowest BCUT2D eigenvalue weighted by atomic mass is 10.2. The molecule has 1 aromatic carbocycles. The van der Waals surface area contributed by atoms with Crippen LogP contribution in [0.1, 0.15) is 54.9 Å². The first-order chi connectivity index (χ1) is 11.3. The van der Waals surface area contributed by atoms with Crippen LogP contribution < -0.4 is 5.32 Å². The van der Waals surface area contributed by atoms with Gasteiger partial charge in [-0.1, -0.05) is 24.1 Å². The van der Waals surface area contributed by atoms with Crippen LogP contribution in [0.3, 0.4) is 0 Å². The molecule has 1 N–H and O–H groups in total. The number of hydrogen-bond acceptors (Lipinski definition) is 3. The Bertz CT molecular complexity index is 776. The molecule has 0 atom stereocenters. The Morgan fingerprint density at radius 3 is 2.65 bits per heavy atom. The maximum Gasteiger partial charge on any atom is 0.296 e. The Balaban J connectivity index is 1.41. The molecule has 0 unspecified atom stereocenters. The van der Waals surface area contributed by atoms with Crippen LogP contribution in [-0.4, -0.2) is 20.7 Å². The van der Waals surface area contributed by atoms with E-state index in [4.69, 9.17) is 0 Å². The molecule has 5 heteroatoms. The van der Waals surface area contributed by atoms with Crippen LogP contribution in [-0.2, 0) is 11.3 Å². The first-order valence-electron chi connectivity index (χ1n) is 8.10. The fourth-order valence-electron chi connectivity index (χ4n) is 2.66. The number of carbonyl (C=O) groups is 1. The Hall–Kier alpha value is -2.61. The molecule has 0 aliphatic heterocycles. The normalized spacial score (nSPS) is 16.5. The summed E-state index contributed by atoms with van der Waals surface area (Å²) in [5.41, 5.74) is 0.833. The fourth-order valence-corrected chi connectivity index (χ4v) is 2.66. The predicted octanol–water partition coefficient (Wildman–Crippen LogP) is 2.16. The monoisotopic (exact) mass is 306 g/mol. The van der Waals surface area contributed by atoms with Crippen molar-refractivity contribution < 1.29 is 4.79 Å². The third-order valence-electron chi connectivity index (χ3n) is 4.15. The standard InChI is InChI=1S/C18H18N4O/c23-17(11-6-13-4-2-1-3-5-13)19-12-16-20-21-18(14-7-8-14)22(16)15-9-10-15/h1-5,14-15H,7-10,12H2,(H,19,23). The molecule has 1 aromatic heterocycles. The van der Waals surface area contributed by atoms with E-state index < -0.39 is 0 Å². The van der Waals surface area contributed by atoms with Gasteiger partial charge in [0.1, 0.15) is 5.82 Å². The van der Waals surface area contributed by atoms with Crippen LogP contribution in [0.4, 0.5) is 0 Å². The number of amides is 1. The molecule has 2 fully saturated rings. The summed E-state index contributed by atoms with van der Waals surface area (Å²) < 4.78 is 2.24. The summed E-state index contributed by atoms with van der Waals surface area (Å²) in [7, 11) is 0. The van der Waals surface area contributed by atoms with Gasteiger partial charge in [0.15, 0.2) is 5.82 Å². The van der Waals surface area contributed by atoms with Crippen molar-refractivity contribution in [2.75, 3.05) is 0 Å². The number of hydrogen-bond donors (Lipinski definition) is 1. The smallest absolute Gasteiger partial charge is 0.296 e. The predicted molar refractivity (Wildman–Crippen MR) is 85.4 cm³/mol. The third kappa shape index (κ3) is 3.26. The molecule has 5 nitrogen and oxygen atoms in total. The average Bonchev–Trinajstić information content (AvgIpc) is 3.50. The Morgan fingerprint density at radius 1 is 1.17 bits per heavy atom. The van der Waals surface area contributed by atoms with Crippen molar-refractivity contribution in [3.05, 3.63) is 47.5 Å². The second-order valence-electron chi connectivity index (χ2n) is 6.15. The highest BCUT2D eigenvalue weighted by molar-refractivity contribution is 5.93. The number of benzene rings is 1. The number of carbonyl (C=O) groups excluding carboxylic acids is 1. The zero-order valence-electron chi connectivity index (χ0n) is 12.8. The molecule has 0 saturated heterocycles. The fraction of sp³-hybridized carbons (Fsp3) is 0.389. The van der Waals surface area contributed by atoms with Crippen molar-refractivity contribution in [1.82, 2.24) is 20.1 Å². The van der Waals surface area contributed by atoms with Gasteiger partial charge in [-0.2, -0.15) is 0 Å². The molecule has 2 aliphatic rings. The van der Waals surface area contributed by atoms with Crippen molar-refractivity contribution in [1.29, 1.82) is 0 Å². The van der Waals surface area contributed by atoms with Crippen molar-refractivity contribution in [3.8, 4) is 11.8 Å². The minimum atomic E-state index is -0.285. The maximum absolute atomic E-state index is 11.9. The Labute approximate surface area is 135 Å². The van der Waals surface area contributed by atoms with Gasteiger partial charge < -0.3 is 9.88 Å². The summed E-state index contributed by atoms with van der Waals surface area (Å²) in [6.45, 7) is 0.387. The summed E-state index contributed by atoms with van der Waals surface area (Å²) >= 11 is 0. The van der Waals surface area contributed by atoms with Gasteiger partial charge in [0.25, 0.3) is 5.91 Å². The van der Waals surface area contributed by atoms with Crippen molar-refractivity contribution in [2.45, 2.75) is 44.2 Å². The topological polar surface area (TPSA) is 59.8 Å². The highest BCUT2D eigenvalue weighted by Gasteiger charge is 2.36. The van der Waals surface area contributed by atoms with E-state index in [1.807, 2.05) is 30.3 Å². The van der Waals surface area contributed by atoms with E-state index >= 15 is 0 Å². The molecule has 0 bridgehead atoms. The van der Waals surface area contributed by atoms with E-state index in [1.54, 1.807) is 0 Å². The van der Waals surface area contributed by atoms with Crippen molar-refractivity contribution in [3.63, 3.8) is 0 Å². The van der Waals surface area contributed by atoms with E-state index in [9.17, 15) is 4.79 Å². The van der Waals surface area contributed by atoms with E-state index in [-0.39, 0.29) is 5.91 Å². The number of nitrogens with one attached hydrogen (secondary N) is 1. The molecule has 2 saturated carbocycles. The van der Waals surface area contributed by atoms with Crippen LogP contribution in [0.5, 0.6) is 0 Å². The van der Waals surface area contributed by atoms with Crippen LogP contribution in [0.25, 0.3) is 0 Å². The number of nitrogens with zero attached hydrogens (tertiary/aromatic N) is 3. The molecule has 1 amide bonds. The number of rotatable bonds is 4. The first-order valence-corrected chi connectivity index (χ1v) is 8.10. The first kappa shape index (κ1) is 14.0. The maximum atomic E-state index is 11.9. The van der Waals surface area contributed by atoms with Crippen LogP contribution in [0.15, 0.2) is 30.3 Å². The largest absolute Gasteiger partial charge is 0.338 e. The summed E-state index contributed by atoms with van der Waals surface area (Å²) in [5.74, 6) is 7.72. The second-order valence-corrected chi connectivity index (χ2v) is 6.15. The zero-order chi connectivity index (χ0) is 15.6. The van der Waals surface area contributed by atoms with Crippen LogP contribution in [0.2, 0.25) is 0 Å². The molecule has 23 heavy (non-hydrogen) atoms. The van der Waals surface area contributed by atoms with E-state index in [0.29, 0.717) is 18.5 Å². The van der Waals surface area contributed by atoms with Gasteiger partial charge in [-0.3, -0.25) is 4.79 Å². The van der Waals surface area contributed by atoms with Crippen molar-refractivity contribution in [2.24, 2.45) is 0 Å². The second kappa shape index (κ2) is 5.88. The van der Waals surface area contributed by atoms with E-state index in [2.05, 4.69) is 31.9 Å². The molecular weight excluding hydrogens is 288 g/mol. The van der Waals surface area contributed by atoms with Crippen LogP contribution >= 0.6 is 0 Å². The third-order valence-corrected chi connectivity index (χ3v) is 4.15. The Morgan fingerprint density at radius 2 is 1.96 bits per heavy atom.